The van der Waals surface area contributed by atoms with Crippen molar-refractivity contribution < 1.29 is 14.3 Å². The van der Waals surface area contributed by atoms with Gasteiger partial charge in [-0.2, -0.15) is 5.10 Å². The molecule has 0 saturated carbocycles. The van der Waals surface area contributed by atoms with Gasteiger partial charge in [0.25, 0.3) is 0 Å². The highest BCUT2D eigenvalue weighted by Crippen LogP contribution is 2.28. The van der Waals surface area contributed by atoms with Gasteiger partial charge in [-0.3, -0.25) is 10.4 Å². The van der Waals surface area contributed by atoms with E-state index in [0.717, 1.165) is 36.2 Å². The van der Waals surface area contributed by atoms with Crippen molar-refractivity contribution in [1.29, 1.82) is 0 Å². The molecule has 1 saturated heterocycles. The number of carbonyl (C=O) groups excluding carboxylic acids is 1. The molecule has 3 heterocycles. The van der Waals surface area contributed by atoms with Crippen LogP contribution in [0.15, 0.2) is 36.5 Å². The van der Waals surface area contributed by atoms with E-state index >= 15 is 0 Å². The Morgan fingerprint density at radius 3 is 2.71 bits per heavy atom. The molecular weight excluding hydrogens is 363 g/mol. The van der Waals surface area contributed by atoms with Gasteiger partial charge in [-0.1, -0.05) is 12.1 Å². The van der Waals surface area contributed by atoms with Crippen LogP contribution in [-0.2, 0) is 0 Å². The maximum atomic E-state index is 13.1. The van der Waals surface area contributed by atoms with Gasteiger partial charge in [0, 0.05) is 25.4 Å². The average molecular weight is 384 g/mol. The third-order valence-corrected chi connectivity index (χ3v) is 4.82. The minimum Gasteiger partial charge on any atom is -0.391 e. The van der Waals surface area contributed by atoms with Crippen molar-refractivity contribution in [3.8, 4) is 0 Å². The predicted octanol–water partition coefficient (Wildman–Crippen LogP) is 2.55. The van der Waals surface area contributed by atoms with Crippen LogP contribution in [0.25, 0.3) is 10.9 Å². The molecule has 1 aliphatic rings. The molecule has 1 aromatic carbocycles. The summed E-state index contributed by atoms with van der Waals surface area (Å²) >= 11 is 0. The zero-order chi connectivity index (χ0) is 19.7. The van der Waals surface area contributed by atoms with Crippen molar-refractivity contribution in [3.05, 3.63) is 47.9 Å². The third kappa shape index (κ3) is 3.61. The van der Waals surface area contributed by atoms with E-state index in [0.29, 0.717) is 11.4 Å². The number of H-pyrrole nitrogens is 1. The second kappa shape index (κ2) is 7.43. The Bertz CT molecular complexity index is 984. The maximum absolute atomic E-state index is 13.1. The number of nitrogens with zero attached hydrogens (tertiary/aromatic N) is 3. The third-order valence-electron chi connectivity index (χ3n) is 4.82. The van der Waals surface area contributed by atoms with Crippen LogP contribution in [-0.4, -0.2) is 45.5 Å². The Hall–Kier alpha value is -3.20. The van der Waals surface area contributed by atoms with E-state index in [9.17, 15) is 14.3 Å². The van der Waals surface area contributed by atoms with E-state index in [4.69, 9.17) is 0 Å². The summed E-state index contributed by atoms with van der Waals surface area (Å²) in [5.74, 6) is 0.842. The molecule has 3 aromatic rings. The van der Waals surface area contributed by atoms with E-state index < -0.39 is 18.2 Å². The van der Waals surface area contributed by atoms with E-state index in [1.807, 2.05) is 0 Å². The zero-order valence-electron chi connectivity index (χ0n) is 15.3. The van der Waals surface area contributed by atoms with E-state index in [2.05, 4.69) is 30.7 Å². The molecule has 146 valence electrons. The fourth-order valence-electron chi connectivity index (χ4n) is 3.18. The van der Waals surface area contributed by atoms with Crippen LogP contribution in [0, 0.1) is 5.82 Å². The Labute approximate surface area is 160 Å². The molecule has 0 spiro atoms. The lowest BCUT2D eigenvalue weighted by Crippen LogP contribution is -2.38. The minimum atomic E-state index is -0.863. The number of hydrogen-bond acceptors (Lipinski definition) is 5. The molecule has 2 aromatic heterocycles. The highest BCUT2D eigenvalue weighted by molar-refractivity contribution is 5.94. The normalized spacial score (nSPS) is 15.8. The fourth-order valence-corrected chi connectivity index (χ4v) is 3.18. The molecular formula is C19H21FN6O2. The first-order chi connectivity index (χ1) is 13.5. The Morgan fingerprint density at radius 1 is 1.32 bits per heavy atom. The summed E-state index contributed by atoms with van der Waals surface area (Å²) in [6.07, 6.45) is 1.97. The summed E-state index contributed by atoms with van der Waals surface area (Å²) in [5, 5.41) is 23.5. The number of urea groups is 1. The Balaban J connectivity index is 1.47. The average Bonchev–Trinajstić information content (AvgIpc) is 3.02. The van der Waals surface area contributed by atoms with E-state index in [-0.39, 0.29) is 5.82 Å². The van der Waals surface area contributed by atoms with Crippen molar-refractivity contribution in [2.45, 2.75) is 25.5 Å². The van der Waals surface area contributed by atoms with E-state index in [1.165, 1.54) is 24.3 Å². The SMILES string of the molecule is C[C@@H](O)[C@@H](NC(=O)Nc1cc2[nH]nc(N3CCC3)c2cn1)c1ccc(F)cc1. The lowest BCUT2D eigenvalue weighted by atomic mass is 10.0. The van der Waals surface area contributed by atoms with Crippen LogP contribution in [0.3, 0.4) is 0 Å². The van der Waals surface area contributed by atoms with Crippen molar-refractivity contribution in [1.82, 2.24) is 20.5 Å². The minimum absolute atomic E-state index is 0.354. The number of benzene rings is 1. The van der Waals surface area contributed by atoms with Gasteiger partial charge in [-0.25, -0.2) is 14.2 Å². The second-order valence-corrected chi connectivity index (χ2v) is 6.87. The van der Waals surface area contributed by atoms with Gasteiger partial charge in [0.1, 0.15) is 11.6 Å². The maximum Gasteiger partial charge on any atom is 0.320 e. The number of halogens is 1. The molecule has 0 aliphatic carbocycles. The molecule has 4 rings (SSSR count). The highest BCUT2D eigenvalue weighted by atomic mass is 19.1. The summed E-state index contributed by atoms with van der Waals surface area (Å²) in [7, 11) is 0. The van der Waals surface area contributed by atoms with Gasteiger partial charge in [0.05, 0.1) is 23.0 Å². The summed E-state index contributed by atoms with van der Waals surface area (Å²) in [6.45, 7) is 3.51. The molecule has 0 bridgehead atoms. The van der Waals surface area contributed by atoms with Crippen molar-refractivity contribution in [2.24, 2.45) is 0 Å². The zero-order valence-corrected chi connectivity index (χ0v) is 15.3. The van der Waals surface area contributed by atoms with Gasteiger partial charge < -0.3 is 15.3 Å². The smallest absolute Gasteiger partial charge is 0.320 e. The Kier molecular flexibility index (Phi) is 4.82. The molecule has 28 heavy (non-hydrogen) atoms. The molecule has 1 fully saturated rings. The molecule has 1 aliphatic heterocycles. The standard InChI is InChI=1S/C19H21FN6O2/c1-11(27)17(12-3-5-13(20)6-4-12)23-19(28)22-16-9-15-14(10-21-16)18(25-24-15)26-7-2-8-26/h3-6,9-11,17,27H,2,7-8H2,1H3,(H,24,25)(H2,21,22,23,28)/t11-,17-/m1/s1. The number of aliphatic hydroxyl groups is 1. The van der Waals surface area contributed by atoms with Crippen LogP contribution in [0.2, 0.25) is 0 Å². The first-order valence-electron chi connectivity index (χ1n) is 9.11. The largest absolute Gasteiger partial charge is 0.391 e. The number of anilines is 2. The summed E-state index contributed by atoms with van der Waals surface area (Å²) in [6, 6.07) is 6.12. The molecule has 2 amide bonds. The number of carbonyl (C=O) groups is 1. The van der Waals surface area contributed by atoms with Crippen LogP contribution in [0.1, 0.15) is 24.9 Å². The molecule has 0 unspecified atom stereocenters. The quantitative estimate of drug-likeness (QED) is 0.541. The number of aliphatic hydroxyl groups excluding tert-OH is 1. The number of pyridine rings is 1. The number of rotatable bonds is 5. The molecule has 8 nitrogen and oxygen atoms in total. The second-order valence-electron chi connectivity index (χ2n) is 6.87. The number of aromatic amines is 1. The van der Waals surface area contributed by atoms with Crippen LogP contribution in [0.4, 0.5) is 20.8 Å². The first-order valence-corrected chi connectivity index (χ1v) is 9.11. The molecule has 9 heteroatoms. The number of aromatic nitrogens is 3. The summed E-state index contributed by atoms with van der Waals surface area (Å²) in [4.78, 5) is 18.8. The van der Waals surface area contributed by atoms with Gasteiger partial charge in [0.2, 0.25) is 0 Å². The Morgan fingerprint density at radius 2 is 2.07 bits per heavy atom. The van der Waals surface area contributed by atoms with E-state index in [1.54, 1.807) is 19.2 Å². The van der Waals surface area contributed by atoms with Crippen LogP contribution in [0.5, 0.6) is 0 Å². The van der Waals surface area contributed by atoms with Crippen molar-refractivity contribution in [3.63, 3.8) is 0 Å². The molecule has 4 N–H and O–H groups in total. The van der Waals surface area contributed by atoms with Gasteiger partial charge in [-0.15, -0.1) is 0 Å². The lowest BCUT2D eigenvalue weighted by molar-refractivity contribution is 0.148. The topological polar surface area (TPSA) is 106 Å². The van der Waals surface area contributed by atoms with Crippen LogP contribution >= 0.6 is 0 Å². The van der Waals surface area contributed by atoms with Gasteiger partial charge in [0.15, 0.2) is 5.82 Å². The van der Waals surface area contributed by atoms with Crippen LogP contribution < -0.4 is 15.5 Å². The fraction of sp³-hybridized carbons (Fsp3) is 0.316. The first kappa shape index (κ1) is 18.2. The monoisotopic (exact) mass is 384 g/mol. The number of amides is 2. The summed E-state index contributed by atoms with van der Waals surface area (Å²) in [5.41, 5.74) is 1.38. The predicted molar refractivity (Wildman–Crippen MR) is 104 cm³/mol. The number of nitrogens with one attached hydrogen (secondary N) is 3. The number of hydrogen-bond donors (Lipinski definition) is 4. The van der Waals surface area contributed by atoms with Crippen molar-refractivity contribution in [2.75, 3.05) is 23.3 Å². The molecule has 2 atom stereocenters. The summed E-state index contributed by atoms with van der Waals surface area (Å²) < 4.78 is 13.1. The number of fused-ring (bicyclic) bond motifs is 1. The highest BCUT2D eigenvalue weighted by Gasteiger charge is 2.22. The lowest BCUT2D eigenvalue weighted by Gasteiger charge is -2.30. The molecule has 0 radical (unpaired) electrons. The van der Waals surface area contributed by atoms with Crippen molar-refractivity contribution >= 4 is 28.6 Å². The van der Waals surface area contributed by atoms with Gasteiger partial charge in [-0.05, 0) is 31.0 Å². The van der Waals surface area contributed by atoms with Gasteiger partial charge >= 0.3 is 6.03 Å².